The average molecular weight is 189 g/mol. The van der Waals surface area contributed by atoms with Crippen LogP contribution < -0.4 is 0 Å². The molecule has 0 radical (unpaired) electrons. The van der Waals surface area contributed by atoms with Crippen molar-refractivity contribution in [2.24, 2.45) is 5.92 Å². The minimum Gasteiger partial charge on any atom is -0.251 e. The summed E-state index contributed by atoms with van der Waals surface area (Å²) in [5, 5.41) is 0. The van der Waals surface area contributed by atoms with Gasteiger partial charge in [0.25, 0.3) is 0 Å². The molecule has 0 N–H and O–H groups in total. The molecule has 1 aliphatic rings. The molecule has 0 aliphatic carbocycles. The molecule has 0 spiro atoms. The molecule has 1 rings (SSSR count). The normalized spacial score (nSPS) is 20.0. The Kier molecular flexibility index (Phi) is 8.14. The number of rotatable bonds is 2. The summed E-state index contributed by atoms with van der Waals surface area (Å²) in [6.07, 6.45) is 6.38. The van der Waals surface area contributed by atoms with Crippen LogP contribution in [0.5, 0.6) is 0 Å². The van der Waals surface area contributed by atoms with Gasteiger partial charge >= 0.3 is 0 Å². The molecule has 0 atom stereocenters. The predicted molar refractivity (Wildman–Crippen MR) is 59.5 cm³/mol. The molecule has 1 saturated heterocycles. The lowest BCUT2D eigenvalue weighted by Crippen LogP contribution is -2.27. The fraction of sp³-hybridized carbons (Fsp3) is 1.00. The predicted octanol–water partition coefficient (Wildman–Crippen LogP) is 3.41. The van der Waals surface area contributed by atoms with Gasteiger partial charge in [0.15, 0.2) is 0 Å². The summed E-state index contributed by atoms with van der Waals surface area (Å²) in [5.74, 6) is 1.02. The first kappa shape index (κ1) is 12.3. The third kappa shape index (κ3) is 4.36. The molecule has 1 aliphatic heterocycles. The lowest BCUT2D eigenvalue weighted by Gasteiger charge is -2.29. The second-order valence-electron chi connectivity index (χ2n) is 2.96. The first-order valence-corrected chi connectivity index (χ1v) is 6.34. The Labute approximate surface area is 82.0 Å². The van der Waals surface area contributed by atoms with Crippen molar-refractivity contribution in [2.75, 3.05) is 19.3 Å². The van der Waals surface area contributed by atoms with E-state index < -0.39 is 0 Å². The van der Waals surface area contributed by atoms with Crippen molar-refractivity contribution < 1.29 is 0 Å². The molecule has 12 heavy (non-hydrogen) atoms. The van der Waals surface area contributed by atoms with E-state index in [0.717, 1.165) is 5.92 Å². The maximum atomic E-state index is 2.46. The van der Waals surface area contributed by atoms with Crippen molar-refractivity contribution in [3.8, 4) is 0 Å². The maximum Gasteiger partial charge on any atom is 0.00918 e. The highest BCUT2D eigenvalue weighted by Gasteiger charge is 2.16. The zero-order valence-electron chi connectivity index (χ0n) is 8.97. The Bertz CT molecular complexity index is 75.8. The second-order valence-corrected chi connectivity index (χ2v) is 3.84. The second kappa shape index (κ2) is 7.93. The van der Waals surface area contributed by atoms with Gasteiger partial charge in [-0.15, -0.1) is 0 Å². The summed E-state index contributed by atoms with van der Waals surface area (Å²) in [6.45, 7) is 8.92. The quantitative estimate of drug-likeness (QED) is 0.612. The summed E-state index contributed by atoms with van der Waals surface area (Å²) >= 11 is 1.89. The highest BCUT2D eigenvalue weighted by molar-refractivity contribution is 7.96. The molecule has 1 heterocycles. The van der Waals surface area contributed by atoms with Crippen LogP contribution in [-0.4, -0.2) is 23.7 Å². The van der Waals surface area contributed by atoms with Gasteiger partial charge < -0.3 is 0 Å². The highest BCUT2D eigenvalue weighted by atomic mass is 32.2. The van der Waals surface area contributed by atoms with E-state index in [1.54, 1.807) is 0 Å². The molecule has 1 fully saturated rings. The minimum atomic E-state index is 1.02. The molecule has 0 amide bonds. The van der Waals surface area contributed by atoms with E-state index in [4.69, 9.17) is 0 Å². The summed E-state index contributed by atoms with van der Waals surface area (Å²) in [7, 11) is 0. The molecule has 2 heteroatoms. The summed E-state index contributed by atoms with van der Waals surface area (Å²) in [4.78, 5) is 0. The Hall–Kier alpha value is 0.310. The van der Waals surface area contributed by atoms with E-state index in [0.29, 0.717) is 0 Å². The lowest BCUT2D eigenvalue weighted by molar-refractivity contribution is 0.286. The first-order chi connectivity index (χ1) is 5.86. The fourth-order valence-corrected chi connectivity index (χ4v) is 2.08. The molecule has 0 aromatic carbocycles. The third-order valence-corrected chi connectivity index (χ3v) is 3.29. The molecule has 0 saturated carbocycles. The molecule has 74 valence electrons. The van der Waals surface area contributed by atoms with Crippen LogP contribution in [0.4, 0.5) is 0 Å². The van der Waals surface area contributed by atoms with Crippen LogP contribution in [0.2, 0.25) is 0 Å². The largest absolute Gasteiger partial charge is 0.251 e. The van der Waals surface area contributed by atoms with E-state index in [2.05, 4.69) is 17.5 Å². The Morgan fingerprint density at radius 3 is 2.08 bits per heavy atom. The van der Waals surface area contributed by atoms with Crippen molar-refractivity contribution in [1.82, 2.24) is 4.31 Å². The number of piperidine rings is 1. The van der Waals surface area contributed by atoms with Crippen LogP contribution in [0.15, 0.2) is 0 Å². The van der Waals surface area contributed by atoms with Crippen molar-refractivity contribution in [3.05, 3.63) is 0 Å². The molecule has 0 unspecified atom stereocenters. The number of hydrogen-bond acceptors (Lipinski definition) is 2. The van der Waals surface area contributed by atoms with Crippen LogP contribution in [0.3, 0.4) is 0 Å². The Balaban J connectivity index is 0.000000561. The average Bonchev–Trinajstić information content (AvgIpc) is 2.21. The molecule has 0 aromatic heterocycles. The SMILES string of the molecule is CC.CCC1CCN(SC)CC1. The van der Waals surface area contributed by atoms with Gasteiger partial charge in [0, 0.05) is 13.1 Å². The van der Waals surface area contributed by atoms with Gasteiger partial charge in [-0.25, -0.2) is 0 Å². The monoisotopic (exact) mass is 189 g/mol. The van der Waals surface area contributed by atoms with E-state index in [1.807, 2.05) is 25.8 Å². The molecular weight excluding hydrogens is 166 g/mol. The van der Waals surface area contributed by atoms with Crippen LogP contribution in [-0.2, 0) is 0 Å². The van der Waals surface area contributed by atoms with Crippen LogP contribution in [0.25, 0.3) is 0 Å². The fourth-order valence-electron chi connectivity index (χ4n) is 1.50. The van der Waals surface area contributed by atoms with Gasteiger partial charge in [-0.2, -0.15) is 0 Å². The van der Waals surface area contributed by atoms with Crippen molar-refractivity contribution in [1.29, 1.82) is 0 Å². The summed E-state index contributed by atoms with van der Waals surface area (Å²) < 4.78 is 2.46. The van der Waals surface area contributed by atoms with E-state index in [1.165, 1.54) is 32.4 Å². The van der Waals surface area contributed by atoms with E-state index >= 15 is 0 Å². The summed E-state index contributed by atoms with van der Waals surface area (Å²) in [6, 6.07) is 0. The summed E-state index contributed by atoms with van der Waals surface area (Å²) in [5.41, 5.74) is 0. The zero-order valence-corrected chi connectivity index (χ0v) is 9.78. The van der Waals surface area contributed by atoms with Gasteiger partial charge in [0.1, 0.15) is 0 Å². The molecule has 1 nitrogen and oxygen atoms in total. The van der Waals surface area contributed by atoms with Gasteiger partial charge in [-0.05, 0) is 25.0 Å². The third-order valence-electron chi connectivity index (χ3n) is 2.41. The van der Waals surface area contributed by atoms with Crippen LogP contribution in [0.1, 0.15) is 40.0 Å². The smallest absolute Gasteiger partial charge is 0.00918 e. The molecule has 0 aromatic rings. The van der Waals surface area contributed by atoms with Crippen molar-refractivity contribution >= 4 is 11.9 Å². The molecule has 0 bridgehead atoms. The zero-order chi connectivity index (χ0) is 9.40. The maximum absolute atomic E-state index is 2.46. The Morgan fingerprint density at radius 1 is 1.25 bits per heavy atom. The Morgan fingerprint density at radius 2 is 1.75 bits per heavy atom. The van der Waals surface area contributed by atoms with Gasteiger partial charge in [0.2, 0.25) is 0 Å². The lowest BCUT2D eigenvalue weighted by atomic mass is 9.96. The van der Waals surface area contributed by atoms with Crippen molar-refractivity contribution in [3.63, 3.8) is 0 Å². The van der Waals surface area contributed by atoms with Gasteiger partial charge in [-0.1, -0.05) is 39.1 Å². The highest BCUT2D eigenvalue weighted by Crippen LogP contribution is 2.22. The van der Waals surface area contributed by atoms with Crippen LogP contribution >= 0.6 is 11.9 Å². The van der Waals surface area contributed by atoms with Crippen molar-refractivity contribution in [2.45, 2.75) is 40.0 Å². The first-order valence-electron chi connectivity index (χ1n) is 5.16. The van der Waals surface area contributed by atoms with E-state index in [9.17, 15) is 0 Å². The number of hydrogen-bond donors (Lipinski definition) is 0. The minimum absolute atomic E-state index is 1.02. The standard InChI is InChI=1S/C8H17NS.C2H6/c1-3-8-4-6-9(10-2)7-5-8;1-2/h8H,3-7H2,1-2H3;1-2H3. The van der Waals surface area contributed by atoms with Gasteiger partial charge in [-0.3, -0.25) is 4.31 Å². The molecular formula is C10H23NS. The van der Waals surface area contributed by atoms with Crippen LogP contribution in [0, 0.1) is 5.92 Å². The number of nitrogens with zero attached hydrogens (tertiary/aromatic N) is 1. The van der Waals surface area contributed by atoms with Gasteiger partial charge in [0.05, 0.1) is 0 Å². The topological polar surface area (TPSA) is 3.24 Å². The van der Waals surface area contributed by atoms with E-state index in [-0.39, 0.29) is 0 Å².